The first kappa shape index (κ1) is 22.0. The Kier molecular flexibility index (Phi) is 7.40. The van der Waals surface area contributed by atoms with Gasteiger partial charge in [0, 0.05) is 24.6 Å². The van der Waals surface area contributed by atoms with Crippen LogP contribution in [0.3, 0.4) is 0 Å². The Morgan fingerprint density at radius 3 is 2.10 bits per heavy atom. The summed E-state index contributed by atoms with van der Waals surface area (Å²) in [5, 5.41) is 4.95. The van der Waals surface area contributed by atoms with Crippen LogP contribution in [0.4, 0.5) is 13.9 Å². The largest absolute Gasteiger partial charge is 0.347 e. The zero-order valence-electron chi connectivity index (χ0n) is 16.6. The predicted octanol–water partition coefficient (Wildman–Crippen LogP) is 4.43. The molecule has 1 aromatic heterocycles. The van der Waals surface area contributed by atoms with E-state index in [-0.39, 0.29) is 30.0 Å². The monoisotopic (exact) mass is 439 g/mol. The van der Waals surface area contributed by atoms with E-state index >= 15 is 0 Å². The summed E-state index contributed by atoms with van der Waals surface area (Å²) in [5.74, 6) is -1.27. The third-order valence-corrected chi connectivity index (χ3v) is 5.15. The molecular formula is C23H19F2N3O2S. The maximum absolute atomic E-state index is 12.9. The van der Waals surface area contributed by atoms with Crippen molar-refractivity contribution in [2.24, 2.45) is 0 Å². The SMILES string of the molecule is CN(C(=O)C=Cc1ccc(F)cc1)c1nc(CNC(=O)C=Cc2ccc(F)cc2)cs1. The normalized spacial score (nSPS) is 11.2. The van der Waals surface area contributed by atoms with Crippen molar-refractivity contribution in [3.05, 3.63) is 94.5 Å². The van der Waals surface area contributed by atoms with Crippen LogP contribution in [0, 0.1) is 11.6 Å². The van der Waals surface area contributed by atoms with Crippen LogP contribution in [0.5, 0.6) is 0 Å². The number of hydrogen-bond donors (Lipinski definition) is 1. The van der Waals surface area contributed by atoms with Gasteiger partial charge in [0.15, 0.2) is 5.13 Å². The molecule has 1 heterocycles. The lowest BCUT2D eigenvalue weighted by Crippen LogP contribution is -2.24. The number of hydrogen-bond acceptors (Lipinski definition) is 4. The number of rotatable bonds is 7. The van der Waals surface area contributed by atoms with Gasteiger partial charge in [-0.2, -0.15) is 0 Å². The van der Waals surface area contributed by atoms with Crippen LogP contribution >= 0.6 is 11.3 Å². The van der Waals surface area contributed by atoms with E-state index in [2.05, 4.69) is 10.3 Å². The van der Waals surface area contributed by atoms with E-state index < -0.39 is 0 Å². The maximum Gasteiger partial charge on any atom is 0.252 e. The number of nitrogens with one attached hydrogen (secondary N) is 1. The Hall–Kier alpha value is -3.65. The molecule has 2 amide bonds. The Morgan fingerprint density at radius 2 is 1.52 bits per heavy atom. The smallest absolute Gasteiger partial charge is 0.252 e. The van der Waals surface area contributed by atoms with Crippen LogP contribution in [0.1, 0.15) is 16.8 Å². The fraction of sp³-hybridized carbons (Fsp3) is 0.0870. The lowest BCUT2D eigenvalue weighted by molar-refractivity contribution is -0.116. The molecule has 0 unspecified atom stereocenters. The van der Waals surface area contributed by atoms with E-state index in [0.717, 1.165) is 0 Å². The maximum atomic E-state index is 12.9. The highest BCUT2D eigenvalue weighted by Crippen LogP contribution is 2.20. The number of carbonyl (C=O) groups is 2. The van der Waals surface area contributed by atoms with Gasteiger partial charge in [0.25, 0.3) is 5.91 Å². The van der Waals surface area contributed by atoms with E-state index in [0.29, 0.717) is 22.0 Å². The summed E-state index contributed by atoms with van der Waals surface area (Å²) < 4.78 is 25.8. The van der Waals surface area contributed by atoms with E-state index in [1.54, 1.807) is 48.8 Å². The molecule has 0 aliphatic carbocycles. The predicted molar refractivity (Wildman–Crippen MR) is 118 cm³/mol. The minimum atomic E-state index is -0.339. The molecule has 5 nitrogen and oxygen atoms in total. The van der Waals surface area contributed by atoms with Gasteiger partial charge < -0.3 is 5.32 Å². The number of likely N-dealkylation sites (N-methyl/N-ethyl adjacent to an activating group) is 1. The van der Waals surface area contributed by atoms with Crippen molar-refractivity contribution in [2.45, 2.75) is 6.54 Å². The van der Waals surface area contributed by atoms with Gasteiger partial charge in [-0.05, 0) is 47.5 Å². The molecule has 0 atom stereocenters. The number of benzene rings is 2. The number of amides is 2. The summed E-state index contributed by atoms with van der Waals surface area (Å²) in [6.07, 6.45) is 5.92. The van der Waals surface area contributed by atoms with E-state index in [1.165, 1.54) is 52.7 Å². The molecule has 0 bridgehead atoms. The summed E-state index contributed by atoms with van der Waals surface area (Å²) in [4.78, 5) is 30.0. The molecule has 3 aromatic rings. The number of nitrogens with zero attached hydrogens (tertiary/aromatic N) is 2. The van der Waals surface area contributed by atoms with Gasteiger partial charge >= 0.3 is 0 Å². The molecule has 0 fully saturated rings. The standard InChI is InChI=1S/C23H19F2N3O2S/c1-28(22(30)13-7-17-4-10-19(25)11-5-17)23-27-20(15-31-23)14-26-21(29)12-6-16-2-8-18(24)9-3-16/h2-13,15H,14H2,1H3,(H,26,29). The average Bonchev–Trinajstić information content (AvgIpc) is 3.25. The van der Waals surface area contributed by atoms with Gasteiger partial charge in [-0.15, -0.1) is 11.3 Å². The van der Waals surface area contributed by atoms with Crippen LogP contribution < -0.4 is 10.2 Å². The Labute approximate surface area is 182 Å². The highest BCUT2D eigenvalue weighted by Gasteiger charge is 2.12. The Bertz CT molecular complexity index is 1110. The van der Waals surface area contributed by atoms with Gasteiger partial charge in [-0.1, -0.05) is 24.3 Å². The minimum Gasteiger partial charge on any atom is -0.347 e. The Morgan fingerprint density at radius 1 is 0.968 bits per heavy atom. The molecule has 3 rings (SSSR count). The van der Waals surface area contributed by atoms with Crippen molar-refractivity contribution < 1.29 is 18.4 Å². The fourth-order valence-electron chi connectivity index (χ4n) is 2.46. The van der Waals surface area contributed by atoms with Gasteiger partial charge in [0.2, 0.25) is 5.91 Å². The molecule has 0 aliphatic heterocycles. The number of aromatic nitrogens is 1. The molecule has 0 radical (unpaired) electrons. The zero-order chi connectivity index (χ0) is 22.2. The second-order valence-corrected chi connectivity index (χ2v) is 7.34. The van der Waals surface area contributed by atoms with E-state index in [9.17, 15) is 18.4 Å². The molecule has 8 heteroatoms. The molecule has 0 spiro atoms. The van der Waals surface area contributed by atoms with Crippen molar-refractivity contribution in [2.75, 3.05) is 11.9 Å². The number of carbonyl (C=O) groups excluding carboxylic acids is 2. The number of halogens is 2. The van der Waals surface area contributed by atoms with Crippen molar-refractivity contribution in [3.8, 4) is 0 Å². The topological polar surface area (TPSA) is 62.3 Å². The summed E-state index contributed by atoms with van der Waals surface area (Å²) in [6.45, 7) is 0.205. The molecule has 2 aromatic carbocycles. The molecule has 0 saturated heterocycles. The molecule has 31 heavy (non-hydrogen) atoms. The summed E-state index contributed by atoms with van der Waals surface area (Å²) in [5.41, 5.74) is 2.03. The number of anilines is 1. The zero-order valence-corrected chi connectivity index (χ0v) is 17.4. The van der Waals surface area contributed by atoms with Crippen LogP contribution in [0.2, 0.25) is 0 Å². The summed E-state index contributed by atoms with van der Waals surface area (Å²) in [7, 11) is 1.60. The van der Waals surface area contributed by atoms with Gasteiger partial charge in [-0.3, -0.25) is 14.5 Å². The molecule has 0 aliphatic rings. The first-order chi connectivity index (χ1) is 14.9. The van der Waals surface area contributed by atoms with Crippen LogP contribution in [0.15, 0.2) is 66.1 Å². The number of thiazole rings is 1. The lowest BCUT2D eigenvalue weighted by atomic mass is 10.2. The van der Waals surface area contributed by atoms with E-state index in [4.69, 9.17) is 0 Å². The molecular weight excluding hydrogens is 420 g/mol. The van der Waals surface area contributed by atoms with Gasteiger partial charge in [0.05, 0.1) is 12.2 Å². The quantitative estimate of drug-likeness (QED) is 0.554. The lowest BCUT2D eigenvalue weighted by Gasteiger charge is -2.10. The second kappa shape index (κ2) is 10.4. The van der Waals surface area contributed by atoms with Crippen LogP contribution in [-0.2, 0) is 16.1 Å². The van der Waals surface area contributed by atoms with Crippen molar-refractivity contribution in [1.29, 1.82) is 0 Å². The molecule has 1 N–H and O–H groups in total. The van der Waals surface area contributed by atoms with Gasteiger partial charge in [-0.25, -0.2) is 13.8 Å². The van der Waals surface area contributed by atoms with E-state index in [1.807, 2.05) is 0 Å². The first-order valence-electron chi connectivity index (χ1n) is 9.28. The summed E-state index contributed by atoms with van der Waals surface area (Å²) in [6, 6.07) is 11.6. The van der Waals surface area contributed by atoms with Crippen molar-refractivity contribution >= 4 is 40.4 Å². The van der Waals surface area contributed by atoms with Gasteiger partial charge in [0.1, 0.15) is 11.6 Å². The highest BCUT2D eigenvalue weighted by atomic mass is 32.1. The van der Waals surface area contributed by atoms with Crippen molar-refractivity contribution in [1.82, 2.24) is 10.3 Å². The minimum absolute atomic E-state index is 0.205. The Balaban J connectivity index is 1.51. The van der Waals surface area contributed by atoms with Crippen LogP contribution in [0.25, 0.3) is 12.2 Å². The molecule has 0 saturated carbocycles. The average molecular weight is 439 g/mol. The summed E-state index contributed by atoms with van der Waals surface area (Å²) >= 11 is 1.28. The fourth-order valence-corrected chi connectivity index (χ4v) is 3.26. The van der Waals surface area contributed by atoms with Crippen molar-refractivity contribution in [3.63, 3.8) is 0 Å². The van der Waals surface area contributed by atoms with Crippen LogP contribution in [-0.4, -0.2) is 23.8 Å². The third-order valence-electron chi connectivity index (χ3n) is 4.19. The second-order valence-electron chi connectivity index (χ2n) is 6.51. The first-order valence-corrected chi connectivity index (χ1v) is 10.2. The molecule has 158 valence electrons. The third kappa shape index (κ3) is 6.68. The highest BCUT2D eigenvalue weighted by molar-refractivity contribution is 7.14.